The van der Waals surface area contributed by atoms with Crippen molar-refractivity contribution < 1.29 is 24.4 Å². The fraction of sp³-hybridized carbons (Fsp3) is 0.778. The van der Waals surface area contributed by atoms with Crippen LogP contribution in [0.25, 0.3) is 0 Å². The van der Waals surface area contributed by atoms with E-state index in [1.807, 2.05) is 18.2 Å². The van der Waals surface area contributed by atoms with Gasteiger partial charge in [-0.25, -0.2) is 0 Å². The molecule has 0 saturated heterocycles. The van der Waals surface area contributed by atoms with Gasteiger partial charge in [0.2, 0.25) is 0 Å². The van der Waals surface area contributed by atoms with E-state index in [1.165, 1.54) is 6.42 Å². The molecule has 0 aliphatic carbocycles. The number of aliphatic hydroxyl groups is 2. The van der Waals surface area contributed by atoms with E-state index >= 15 is 0 Å². The highest BCUT2D eigenvalue weighted by Crippen LogP contribution is 2.10. The molecule has 0 unspecified atom stereocenters. The second-order valence-electron chi connectivity index (χ2n) is 5.97. The van der Waals surface area contributed by atoms with Crippen LogP contribution in [0.2, 0.25) is 0 Å². The largest absolute Gasteiger partial charge is 0.394 e. The molecule has 0 aromatic carbocycles. The lowest BCUT2D eigenvalue weighted by molar-refractivity contribution is -0.194. The van der Waals surface area contributed by atoms with Crippen LogP contribution >= 0.6 is 0 Å². The minimum Gasteiger partial charge on any atom is -0.394 e. The molecule has 2 rings (SSSR count). The van der Waals surface area contributed by atoms with E-state index in [-0.39, 0.29) is 18.8 Å². The average Bonchev–Trinajstić information content (AvgIpc) is 2.55. The maximum Gasteiger partial charge on any atom is 0.159 e. The molecule has 5 heteroatoms. The topological polar surface area (TPSA) is 68.2 Å². The standard InChI is InChI=1S/C9H16O3.C6H10O2.C3H8/c1-9(2,10)12-7-8-5-3-4-6-11-8;7-5-6-3-1-2-4-8-6;1-3-2/h3-4,8,10H,5-7H2,1-2H3;1-2,6-7H,3-5H2;3H2,1-2H3/t8-;6-;/m11./s1. The van der Waals surface area contributed by atoms with Gasteiger partial charge in [0.15, 0.2) is 5.79 Å². The number of rotatable bonds is 4. The van der Waals surface area contributed by atoms with Crippen LogP contribution < -0.4 is 0 Å². The molecule has 0 spiro atoms. The highest BCUT2D eigenvalue weighted by molar-refractivity contribution is 4.89. The van der Waals surface area contributed by atoms with Gasteiger partial charge in [-0.1, -0.05) is 44.6 Å². The predicted molar refractivity (Wildman–Crippen MR) is 92.3 cm³/mol. The van der Waals surface area contributed by atoms with Crippen molar-refractivity contribution in [2.75, 3.05) is 26.4 Å². The lowest BCUT2D eigenvalue weighted by Gasteiger charge is -2.24. The second-order valence-corrected chi connectivity index (χ2v) is 5.97. The highest BCUT2D eigenvalue weighted by Gasteiger charge is 2.17. The molecule has 0 aromatic heterocycles. The van der Waals surface area contributed by atoms with Crippen LogP contribution in [0.4, 0.5) is 0 Å². The Hall–Kier alpha value is -0.720. The molecule has 2 aliphatic heterocycles. The number of hydrogen-bond acceptors (Lipinski definition) is 5. The lowest BCUT2D eigenvalue weighted by atomic mass is 10.2. The molecular weight excluding hydrogens is 296 g/mol. The fourth-order valence-corrected chi connectivity index (χ4v) is 1.69. The molecule has 23 heavy (non-hydrogen) atoms. The molecular formula is C18H34O5. The first-order valence-electron chi connectivity index (χ1n) is 8.43. The van der Waals surface area contributed by atoms with E-state index in [9.17, 15) is 5.11 Å². The van der Waals surface area contributed by atoms with Crippen LogP contribution in [-0.2, 0) is 14.2 Å². The fourth-order valence-electron chi connectivity index (χ4n) is 1.69. The van der Waals surface area contributed by atoms with Gasteiger partial charge in [-0.15, -0.1) is 0 Å². The molecule has 0 saturated carbocycles. The van der Waals surface area contributed by atoms with Gasteiger partial charge in [0.05, 0.1) is 38.6 Å². The minimum atomic E-state index is -1.05. The van der Waals surface area contributed by atoms with Crippen molar-refractivity contribution in [3.05, 3.63) is 24.3 Å². The third-order valence-corrected chi connectivity index (χ3v) is 2.81. The van der Waals surface area contributed by atoms with Crippen LogP contribution in [-0.4, -0.2) is 54.6 Å². The molecule has 2 N–H and O–H groups in total. The van der Waals surface area contributed by atoms with Gasteiger partial charge < -0.3 is 24.4 Å². The van der Waals surface area contributed by atoms with Gasteiger partial charge in [0.1, 0.15) is 0 Å². The van der Waals surface area contributed by atoms with Crippen molar-refractivity contribution in [3.8, 4) is 0 Å². The van der Waals surface area contributed by atoms with Gasteiger partial charge in [-0.05, 0) is 26.7 Å². The first-order chi connectivity index (χ1) is 10.9. The van der Waals surface area contributed by atoms with Gasteiger partial charge >= 0.3 is 0 Å². The molecule has 0 aromatic rings. The quantitative estimate of drug-likeness (QED) is 0.613. The van der Waals surface area contributed by atoms with Crippen LogP contribution in [0.3, 0.4) is 0 Å². The van der Waals surface area contributed by atoms with E-state index in [4.69, 9.17) is 19.3 Å². The van der Waals surface area contributed by atoms with Crippen molar-refractivity contribution in [1.82, 2.24) is 0 Å². The maximum atomic E-state index is 9.25. The molecule has 2 aliphatic rings. The average molecular weight is 330 g/mol. The summed E-state index contributed by atoms with van der Waals surface area (Å²) in [6.45, 7) is 9.39. The van der Waals surface area contributed by atoms with Crippen molar-refractivity contribution in [2.45, 2.75) is 65.0 Å². The third kappa shape index (κ3) is 14.6. The third-order valence-electron chi connectivity index (χ3n) is 2.81. The summed E-state index contributed by atoms with van der Waals surface area (Å²) < 4.78 is 15.6. The Morgan fingerprint density at radius 3 is 1.78 bits per heavy atom. The van der Waals surface area contributed by atoms with Crippen LogP contribution in [0.1, 0.15) is 47.0 Å². The SMILES string of the molecule is CC(C)(O)OC[C@H]1CC=CCO1.CCC.OC[C@H]1CC=CCO1. The Morgan fingerprint density at radius 2 is 1.48 bits per heavy atom. The van der Waals surface area contributed by atoms with E-state index in [0.717, 1.165) is 12.8 Å². The molecule has 136 valence electrons. The monoisotopic (exact) mass is 330 g/mol. The van der Waals surface area contributed by atoms with Gasteiger partial charge in [0.25, 0.3) is 0 Å². The molecule has 2 heterocycles. The lowest BCUT2D eigenvalue weighted by Crippen LogP contribution is -2.30. The van der Waals surface area contributed by atoms with Crippen molar-refractivity contribution in [3.63, 3.8) is 0 Å². The molecule has 2 atom stereocenters. The molecule has 0 amide bonds. The van der Waals surface area contributed by atoms with Crippen LogP contribution in [0.15, 0.2) is 24.3 Å². The summed E-state index contributed by atoms with van der Waals surface area (Å²) in [6.07, 6.45) is 11.2. The Balaban J connectivity index is 0.000000379. The first-order valence-corrected chi connectivity index (χ1v) is 8.43. The molecule has 0 fully saturated rings. The maximum absolute atomic E-state index is 9.25. The van der Waals surface area contributed by atoms with Crippen molar-refractivity contribution >= 4 is 0 Å². The Morgan fingerprint density at radius 1 is 1.00 bits per heavy atom. The van der Waals surface area contributed by atoms with Crippen LogP contribution in [0.5, 0.6) is 0 Å². The zero-order valence-corrected chi connectivity index (χ0v) is 15.0. The van der Waals surface area contributed by atoms with E-state index < -0.39 is 5.79 Å². The van der Waals surface area contributed by atoms with Crippen molar-refractivity contribution in [1.29, 1.82) is 0 Å². The Kier molecular flexibility index (Phi) is 13.3. The zero-order chi connectivity index (χ0) is 17.6. The highest BCUT2D eigenvalue weighted by atomic mass is 16.6. The second kappa shape index (κ2) is 13.7. The van der Waals surface area contributed by atoms with Gasteiger partial charge in [-0.3, -0.25) is 0 Å². The zero-order valence-electron chi connectivity index (χ0n) is 15.0. The Bertz CT molecular complexity index is 320. The Labute approximate surface area is 140 Å². The predicted octanol–water partition coefficient (Wildman–Crippen LogP) is 2.82. The molecule has 0 radical (unpaired) electrons. The summed E-state index contributed by atoms with van der Waals surface area (Å²) in [7, 11) is 0. The van der Waals surface area contributed by atoms with Gasteiger partial charge in [0, 0.05) is 0 Å². The summed E-state index contributed by atoms with van der Waals surface area (Å²) in [6, 6.07) is 0. The number of hydrogen-bond donors (Lipinski definition) is 2. The van der Waals surface area contributed by atoms with Crippen molar-refractivity contribution in [2.24, 2.45) is 0 Å². The van der Waals surface area contributed by atoms with E-state index in [1.54, 1.807) is 13.8 Å². The summed E-state index contributed by atoms with van der Waals surface area (Å²) >= 11 is 0. The summed E-state index contributed by atoms with van der Waals surface area (Å²) in [5, 5.41) is 17.8. The summed E-state index contributed by atoms with van der Waals surface area (Å²) in [5.74, 6) is -1.05. The normalized spacial score (nSPS) is 23.4. The number of ether oxygens (including phenoxy) is 3. The van der Waals surface area contributed by atoms with E-state index in [0.29, 0.717) is 19.8 Å². The summed E-state index contributed by atoms with van der Waals surface area (Å²) in [5.41, 5.74) is 0. The minimum absolute atomic E-state index is 0.0556. The number of aliphatic hydroxyl groups excluding tert-OH is 1. The smallest absolute Gasteiger partial charge is 0.159 e. The van der Waals surface area contributed by atoms with Crippen LogP contribution in [0, 0.1) is 0 Å². The first kappa shape index (κ1) is 22.3. The van der Waals surface area contributed by atoms with Gasteiger partial charge in [-0.2, -0.15) is 0 Å². The molecule has 0 bridgehead atoms. The summed E-state index contributed by atoms with van der Waals surface area (Å²) in [4.78, 5) is 0. The molecule has 5 nitrogen and oxygen atoms in total. The van der Waals surface area contributed by atoms with E-state index in [2.05, 4.69) is 19.9 Å².